The van der Waals surface area contributed by atoms with E-state index in [1.165, 1.54) is 42.5 Å². The van der Waals surface area contributed by atoms with E-state index in [2.05, 4.69) is 24.9 Å². The minimum atomic E-state index is 0.360. The molecule has 0 saturated heterocycles. The summed E-state index contributed by atoms with van der Waals surface area (Å²) in [5.74, 6) is 1.04. The monoisotopic (exact) mass is 396 g/mol. The Kier molecular flexibility index (Phi) is 5.24. The van der Waals surface area contributed by atoms with Crippen LogP contribution in [0.5, 0.6) is 0 Å². The maximum absolute atomic E-state index is 6.35. The van der Waals surface area contributed by atoms with Crippen molar-refractivity contribution in [3.05, 3.63) is 52.5 Å². The van der Waals surface area contributed by atoms with Crippen LogP contribution < -0.4 is 16.5 Å². The molecule has 1 saturated carbocycles. The Labute approximate surface area is 172 Å². The molecule has 4 nitrogen and oxygen atoms in total. The minimum absolute atomic E-state index is 0.360. The molecule has 0 aromatic heterocycles. The van der Waals surface area contributed by atoms with Crippen molar-refractivity contribution in [3.63, 3.8) is 0 Å². The van der Waals surface area contributed by atoms with Gasteiger partial charge in [0.25, 0.3) is 0 Å². The molecule has 28 heavy (non-hydrogen) atoms. The predicted molar refractivity (Wildman–Crippen MR) is 120 cm³/mol. The molecule has 1 fully saturated rings. The van der Waals surface area contributed by atoms with Gasteiger partial charge in [0.2, 0.25) is 0 Å². The first-order valence-corrected chi connectivity index (χ1v) is 10.7. The molecular formula is C23H29ClN4. The van der Waals surface area contributed by atoms with E-state index in [0.717, 1.165) is 17.8 Å². The van der Waals surface area contributed by atoms with Crippen molar-refractivity contribution >= 4 is 34.4 Å². The fourth-order valence-corrected chi connectivity index (χ4v) is 5.14. The van der Waals surface area contributed by atoms with Gasteiger partial charge in [0, 0.05) is 17.2 Å². The lowest BCUT2D eigenvalue weighted by Gasteiger charge is -2.32. The molecular weight excluding hydrogens is 368 g/mol. The van der Waals surface area contributed by atoms with Gasteiger partial charge in [0.1, 0.15) is 0 Å². The van der Waals surface area contributed by atoms with Gasteiger partial charge in [-0.3, -0.25) is 5.01 Å². The van der Waals surface area contributed by atoms with Crippen LogP contribution in [0.3, 0.4) is 0 Å². The van der Waals surface area contributed by atoms with E-state index in [-0.39, 0.29) is 0 Å². The molecule has 1 aliphatic heterocycles. The number of nitrogen functional groups attached to an aromatic ring is 2. The Morgan fingerprint density at radius 2 is 1.86 bits per heavy atom. The van der Waals surface area contributed by atoms with Gasteiger partial charge >= 0.3 is 0 Å². The first-order valence-electron chi connectivity index (χ1n) is 10.3. The van der Waals surface area contributed by atoms with Crippen molar-refractivity contribution in [1.29, 1.82) is 0 Å². The number of hydrogen-bond acceptors (Lipinski definition) is 4. The van der Waals surface area contributed by atoms with E-state index < -0.39 is 0 Å². The highest BCUT2D eigenvalue weighted by molar-refractivity contribution is 6.33. The van der Waals surface area contributed by atoms with Crippen LogP contribution in [0.25, 0.3) is 0 Å². The number of rotatable bonds is 4. The highest BCUT2D eigenvalue weighted by atomic mass is 35.5. The number of benzene rings is 2. The summed E-state index contributed by atoms with van der Waals surface area (Å²) in [6, 6.07) is 12.4. The Balaban J connectivity index is 1.81. The SMILES string of the molecule is CCC1C(c2ccc(N)cc2C)=NN(c2ccc(N)c(Cl)c2)C1C1CCCC1. The molecule has 148 valence electrons. The maximum Gasteiger partial charge on any atom is 0.0736 e. The molecule has 0 radical (unpaired) electrons. The van der Waals surface area contributed by atoms with Gasteiger partial charge in [0.05, 0.1) is 28.2 Å². The third kappa shape index (κ3) is 3.35. The fraction of sp³-hybridized carbons (Fsp3) is 0.435. The topological polar surface area (TPSA) is 67.6 Å². The summed E-state index contributed by atoms with van der Waals surface area (Å²) >= 11 is 6.35. The van der Waals surface area contributed by atoms with Crippen molar-refractivity contribution in [3.8, 4) is 0 Å². The number of halogens is 1. The Morgan fingerprint density at radius 3 is 2.50 bits per heavy atom. The Hall–Kier alpha value is -2.20. The molecule has 1 heterocycles. The van der Waals surface area contributed by atoms with E-state index >= 15 is 0 Å². The van der Waals surface area contributed by atoms with Crippen LogP contribution in [0, 0.1) is 18.8 Å². The second-order valence-electron chi connectivity index (χ2n) is 8.16. The van der Waals surface area contributed by atoms with Gasteiger partial charge in [0.15, 0.2) is 0 Å². The van der Waals surface area contributed by atoms with Crippen molar-refractivity contribution in [2.45, 2.75) is 52.0 Å². The number of nitrogens with two attached hydrogens (primary N) is 2. The molecule has 0 bridgehead atoms. The molecule has 0 amide bonds. The largest absolute Gasteiger partial charge is 0.399 e. The molecule has 2 aromatic rings. The number of aryl methyl sites for hydroxylation is 1. The number of nitrogens with zero attached hydrogens (tertiary/aromatic N) is 2. The average Bonchev–Trinajstić information content (AvgIpc) is 3.31. The summed E-state index contributed by atoms with van der Waals surface area (Å²) in [4.78, 5) is 0. The van der Waals surface area contributed by atoms with Crippen molar-refractivity contribution < 1.29 is 0 Å². The molecule has 0 spiro atoms. The highest BCUT2D eigenvalue weighted by Gasteiger charge is 2.43. The lowest BCUT2D eigenvalue weighted by atomic mass is 9.80. The molecule has 1 aliphatic carbocycles. The normalized spacial score (nSPS) is 22.7. The third-order valence-corrected chi connectivity index (χ3v) is 6.69. The standard InChI is InChI=1S/C23H29ClN4/c1-3-18-22(19-10-8-16(25)12-14(19)2)27-28(23(18)15-6-4-5-7-15)17-9-11-21(26)20(24)13-17/h8-13,15,18,23H,3-7,25-26H2,1-2H3. The zero-order valence-electron chi connectivity index (χ0n) is 16.7. The molecule has 2 aromatic carbocycles. The molecule has 2 aliphatic rings. The van der Waals surface area contributed by atoms with Crippen molar-refractivity contribution in [2.24, 2.45) is 16.9 Å². The second kappa shape index (κ2) is 7.67. The third-order valence-electron chi connectivity index (χ3n) is 6.36. The smallest absolute Gasteiger partial charge is 0.0736 e. The van der Waals surface area contributed by atoms with Crippen LogP contribution in [-0.2, 0) is 0 Å². The van der Waals surface area contributed by atoms with E-state index in [9.17, 15) is 0 Å². The zero-order chi connectivity index (χ0) is 19.8. The summed E-state index contributed by atoms with van der Waals surface area (Å²) < 4.78 is 0. The Morgan fingerprint density at radius 1 is 1.11 bits per heavy atom. The zero-order valence-corrected chi connectivity index (χ0v) is 17.4. The summed E-state index contributed by atoms with van der Waals surface area (Å²) in [7, 11) is 0. The molecule has 4 N–H and O–H groups in total. The lowest BCUT2D eigenvalue weighted by molar-refractivity contribution is 0.362. The molecule has 4 rings (SSSR count). The number of anilines is 3. The number of hydrogen-bond donors (Lipinski definition) is 2. The fourth-order valence-electron chi connectivity index (χ4n) is 4.97. The van der Waals surface area contributed by atoms with Gasteiger partial charge in [-0.2, -0.15) is 5.10 Å². The number of hydrazone groups is 1. The first kappa shape index (κ1) is 19.1. The van der Waals surface area contributed by atoms with Crippen LogP contribution in [0.15, 0.2) is 41.5 Å². The van der Waals surface area contributed by atoms with Gasteiger partial charge in [-0.15, -0.1) is 0 Å². The van der Waals surface area contributed by atoms with Crippen LogP contribution in [0.2, 0.25) is 5.02 Å². The van der Waals surface area contributed by atoms with Gasteiger partial charge in [-0.05, 0) is 68.0 Å². The molecule has 2 unspecified atom stereocenters. The van der Waals surface area contributed by atoms with Crippen LogP contribution in [0.1, 0.15) is 50.2 Å². The highest BCUT2D eigenvalue weighted by Crippen LogP contribution is 2.43. The van der Waals surface area contributed by atoms with Crippen molar-refractivity contribution in [1.82, 2.24) is 0 Å². The quantitative estimate of drug-likeness (QED) is 0.658. The van der Waals surface area contributed by atoms with E-state index in [4.69, 9.17) is 28.2 Å². The predicted octanol–water partition coefficient (Wildman–Crippen LogP) is 5.62. The van der Waals surface area contributed by atoms with Crippen LogP contribution >= 0.6 is 11.6 Å². The van der Waals surface area contributed by atoms with Crippen molar-refractivity contribution in [2.75, 3.05) is 16.5 Å². The molecule has 2 atom stereocenters. The second-order valence-corrected chi connectivity index (χ2v) is 8.57. The first-order chi connectivity index (χ1) is 13.5. The summed E-state index contributed by atoms with van der Waals surface area (Å²) in [6.45, 7) is 4.39. The summed E-state index contributed by atoms with van der Waals surface area (Å²) in [6.07, 6.45) is 6.21. The minimum Gasteiger partial charge on any atom is -0.399 e. The van der Waals surface area contributed by atoms with Gasteiger partial charge in [-0.25, -0.2) is 0 Å². The van der Waals surface area contributed by atoms with E-state index in [1.54, 1.807) is 0 Å². The molecule has 5 heteroatoms. The van der Waals surface area contributed by atoms with E-state index in [1.807, 2.05) is 30.3 Å². The summed E-state index contributed by atoms with van der Waals surface area (Å²) in [5.41, 5.74) is 17.9. The maximum atomic E-state index is 6.35. The average molecular weight is 397 g/mol. The van der Waals surface area contributed by atoms with Crippen LogP contribution in [-0.4, -0.2) is 11.8 Å². The van der Waals surface area contributed by atoms with Crippen LogP contribution in [0.4, 0.5) is 17.1 Å². The lowest BCUT2D eigenvalue weighted by Crippen LogP contribution is -2.39. The summed E-state index contributed by atoms with van der Waals surface area (Å²) in [5, 5.41) is 7.99. The van der Waals surface area contributed by atoms with Gasteiger partial charge in [-0.1, -0.05) is 37.4 Å². The Bertz CT molecular complexity index is 901. The van der Waals surface area contributed by atoms with Gasteiger partial charge < -0.3 is 11.5 Å². The van der Waals surface area contributed by atoms with E-state index in [0.29, 0.717) is 28.6 Å².